The Kier molecular flexibility index (Phi) is 7.51. The van der Waals surface area contributed by atoms with E-state index in [2.05, 4.69) is 95.3 Å². The normalized spacial score (nSPS) is 25.2. The van der Waals surface area contributed by atoms with Crippen molar-refractivity contribution in [1.82, 2.24) is 15.5 Å². The standard InChI is InChI=1S/C34H41N3O/c1-24(33(26-10-4-2-5-11-26)27-12-6-3-7-13-27)35-34(38)36-28-18-16-25(17-19-28)22-23-37-31-20-21-32(37)30-15-9-8-14-29(30)31/h2-15,24-25,28,31-33H,16-23H2,1H3,(H2,35,36,38). The minimum absolute atomic E-state index is 0.0175. The predicted molar refractivity (Wildman–Crippen MR) is 154 cm³/mol. The molecule has 1 aliphatic carbocycles. The molecule has 6 rings (SSSR count). The molecule has 4 nitrogen and oxygen atoms in total. The molecular weight excluding hydrogens is 466 g/mol. The van der Waals surface area contributed by atoms with Gasteiger partial charge >= 0.3 is 6.03 Å². The summed E-state index contributed by atoms with van der Waals surface area (Å²) in [6.07, 6.45) is 8.52. The summed E-state index contributed by atoms with van der Waals surface area (Å²) in [7, 11) is 0. The maximum atomic E-state index is 13.0. The molecule has 0 radical (unpaired) electrons. The van der Waals surface area contributed by atoms with Crippen LogP contribution in [-0.4, -0.2) is 29.6 Å². The Morgan fingerprint density at radius 3 is 1.84 bits per heavy atom. The van der Waals surface area contributed by atoms with Crippen molar-refractivity contribution in [1.29, 1.82) is 0 Å². The van der Waals surface area contributed by atoms with Gasteiger partial charge in [-0.15, -0.1) is 0 Å². The van der Waals surface area contributed by atoms with E-state index in [-0.39, 0.29) is 24.0 Å². The Labute approximate surface area is 227 Å². The lowest BCUT2D eigenvalue weighted by molar-refractivity contribution is 0.185. The first-order valence-electron chi connectivity index (χ1n) is 14.7. The molecule has 2 aliphatic heterocycles. The molecule has 198 valence electrons. The number of fused-ring (bicyclic) bond motifs is 5. The van der Waals surface area contributed by atoms with E-state index >= 15 is 0 Å². The zero-order valence-corrected chi connectivity index (χ0v) is 22.6. The maximum Gasteiger partial charge on any atom is 0.315 e. The minimum atomic E-state index is -0.0378. The molecule has 3 unspecified atom stereocenters. The Hall–Kier alpha value is -3.11. The zero-order chi connectivity index (χ0) is 25.9. The second kappa shape index (κ2) is 11.3. The molecule has 2 fully saturated rings. The van der Waals surface area contributed by atoms with Crippen molar-refractivity contribution in [2.75, 3.05) is 6.54 Å². The zero-order valence-electron chi connectivity index (χ0n) is 22.6. The minimum Gasteiger partial charge on any atom is -0.335 e. The van der Waals surface area contributed by atoms with Gasteiger partial charge in [0.05, 0.1) is 0 Å². The van der Waals surface area contributed by atoms with E-state index < -0.39 is 0 Å². The number of nitrogens with one attached hydrogen (secondary N) is 2. The Morgan fingerprint density at radius 1 is 0.763 bits per heavy atom. The van der Waals surface area contributed by atoms with Crippen molar-refractivity contribution < 1.29 is 4.79 Å². The van der Waals surface area contributed by atoms with Crippen molar-refractivity contribution in [2.24, 2.45) is 5.92 Å². The summed E-state index contributed by atoms with van der Waals surface area (Å²) in [5.41, 5.74) is 5.61. The lowest BCUT2D eigenvalue weighted by Gasteiger charge is -2.32. The Balaban J connectivity index is 0.978. The van der Waals surface area contributed by atoms with Crippen LogP contribution >= 0.6 is 0 Å². The van der Waals surface area contributed by atoms with Gasteiger partial charge in [0.2, 0.25) is 0 Å². The number of amides is 2. The van der Waals surface area contributed by atoms with Crippen LogP contribution in [0.3, 0.4) is 0 Å². The van der Waals surface area contributed by atoms with Crippen LogP contribution in [0.25, 0.3) is 0 Å². The number of hydrogen-bond acceptors (Lipinski definition) is 2. The fraction of sp³-hybridized carbons (Fsp3) is 0.441. The monoisotopic (exact) mass is 507 g/mol. The van der Waals surface area contributed by atoms with Gasteiger partial charge in [-0.05, 0) is 86.6 Å². The molecule has 2 heterocycles. The third-order valence-corrected chi connectivity index (χ3v) is 9.38. The van der Waals surface area contributed by atoms with E-state index in [1.165, 1.54) is 49.8 Å². The smallest absolute Gasteiger partial charge is 0.315 e. The quantitative estimate of drug-likeness (QED) is 0.335. The predicted octanol–water partition coefficient (Wildman–Crippen LogP) is 7.35. The van der Waals surface area contributed by atoms with Crippen LogP contribution in [0.5, 0.6) is 0 Å². The number of nitrogens with zero attached hydrogens (tertiary/aromatic N) is 1. The highest BCUT2D eigenvalue weighted by atomic mass is 16.2. The molecule has 2 N–H and O–H groups in total. The lowest BCUT2D eigenvalue weighted by Crippen LogP contribution is -2.48. The molecule has 3 atom stereocenters. The third kappa shape index (κ3) is 5.24. The van der Waals surface area contributed by atoms with Crippen molar-refractivity contribution in [3.05, 3.63) is 107 Å². The van der Waals surface area contributed by atoms with E-state index in [1.807, 2.05) is 12.1 Å². The average Bonchev–Trinajstić information content (AvgIpc) is 3.50. The number of carbonyl (C=O) groups excluding carboxylic acids is 1. The second-order valence-corrected chi connectivity index (χ2v) is 11.7. The maximum absolute atomic E-state index is 13.0. The summed E-state index contributed by atoms with van der Waals surface area (Å²) in [4.78, 5) is 15.8. The van der Waals surface area contributed by atoms with Crippen molar-refractivity contribution in [2.45, 2.75) is 82.0 Å². The van der Waals surface area contributed by atoms with Crippen molar-refractivity contribution >= 4 is 6.03 Å². The van der Waals surface area contributed by atoms with E-state index in [4.69, 9.17) is 0 Å². The van der Waals surface area contributed by atoms with Gasteiger partial charge in [-0.1, -0.05) is 84.9 Å². The van der Waals surface area contributed by atoms with Crippen LogP contribution in [0.15, 0.2) is 84.9 Å². The number of benzene rings is 3. The molecular formula is C34H41N3O. The van der Waals surface area contributed by atoms with Gasteiger partial charge in [-0.25, -0.2) is 4.79 Å². The molecule has 0 spiro atoms. The van der Waals surface area contributed by atoms with Crippen LogP contribution < -0.4 is 10.6 Å². The second-order valence-electron chi connectivity index (χ2n) is 11.7. The summed E-state index contributed by atoms with van der Waals surface area (Å²) >= 11 is 0. The van der Waals surface area contributed by atoms with E-state index in [9.17, 15) is 4.79 Å². The van der Waals surface area contributed by atoms with Crippen LogP contribution in [0, 0.1) is 5.92 Å². The van der Waals surface area contributed by atoms with Gasteiger partial charge in [-0.2, -0.15) is 0 Å². The summed E-state index contributed by atoms with van der Waals surface area (Å²) < 4.78 is 0. The van der Waals surface area contributed by atoms with Gasteiger partial charge in [0, 0.05) is 30.1 Å². The van der Waals surface area contributed by atoms with Gasteiger partial charge in [0.25, 0.3) is 0 Å². The summed E-state index contributed by atoms with van der Waals surface area (Å²) in [5.74, 6) is 0.893. The summed E-state index contributed by atoms with van der Waals surface area (Å²) in [5, 5.41) is 6.57. The first-order valence-corrected chi connectivity index (χ1v) is 14.7. The lowest BCUT2D eigenvalue weighted by atomic mass is 9.84. The first kappa shape index (κ1) is 25.2. The highest BCUT2D eigenvalue weighted by Gasteiger charge is 2.43. The first-order chi connectivity index (χ1) is 18.7. The Morgan fingerprint density at radius 2 is 1.29 bits per heavy atom. The van der Waals surface area contributed by atoms with Gasteiger partial charge in [0.1, 0.15) is 0 Å². The van der Waals surface area contributed by atoms with Crippen LogP contribution in [0.2, 0.25) is 0 Å². The van der Waals surface area contributed by atoms with Crippen molar-refractivity contribution in [3.8, 4) is 0 Å². The number of rotatable bonds is 8. The average molecular weight is 508 g/mol. The number of carbonyl (C=O) groups is 1. The molecule has 3 aromatic carbocycles. The molecule has 3 aromatic rings. The molecule has 2 amide bonds. The highest BCUT2D eigenvalue weighted by molar-refractivity contribution is 5.74. The van der Waals surface area contributed by atoms with E-state index in [1.54, 1.807) is 11.1 Å². The van der Waals surface area contributed by atoms with E-state index in [0.717, 1.165) is 18.8 Å². The fourth-order valence-corrected chi connectivity index (χ4v) is 7.50. The van der Waals surface area contributed by atoms with E-state index in [0.29, 0.717) is 12.1 Å². The van der Waals surface area contributed by atoms with Gasteiger partial charge < -0.3 is 10.6 Å². The SMILES string of the molecule is CC(NC(=O)NC1CCC(CCN2C3CCC2c2ccccc23)CC1)C(c1ccccc1)c1ccccc1. The summed E-state index contributed by atoms with van der Waals surface area (Å²) in [6, 6.07) is 31.6. The van der Waals surface area contributed by atoms with Crippen LogP contribution in [0.4, 0.5) is 4.79 Å². The molecule has 38 heavy (non-hydrogen) atoms. The highest BCUT2D eigenvalue weighted by Crippen LogP contribution is 2.53. The van der Waals surface area contributed by atoms with Gasteiger partial charge in [0.15, 0.2) is 0 Å². The fourth-order valence-electron chi connectivity index (χ4n) is 7.50. The molecule has 1 saturated carbocycles. The molecule has 2 bridgehead atoms. The van der Waals surface area contributed by atoms with Crippen LogP contribution in [-0.2, 0) is 0 Å². The Bertz CT molecular complexity index is 1130. The molecule has 1 saturated heterocycles. The summed E-state index contributed by atoms with van der Waals surface area (Å²) in [6.45, 7) is 3.33. The van der Waals surface area contributed by atoms with Crippen molar-refractivity contribution in [3.63, 3.8) is 0 Å². The molecule has 4 heteroatoms. The number of urea groups is 1. The largest absolute Gasteiger partial charge is 0.335 e. The molecule has 0 aromatic heterocycles. The molecule has 3 aliphatic rings. The topological polar surface area (TPSA) is 44.4 Å². The number of hydrogen-bond donors (Lipinski definition) is 2. The van der Waals surface area contributed by atoms with Crippen LogP contribution in [0.1, 0.15) is 92.1 Å². The van der Waals surface area contributed by atoms with Gasteiger partial charge in [-0.3, -0.25) is 4.90 Å². The third-order valence-electron chi connectivity index (χ3n) is 9.38.